The first kappa shape index (κ1) is 36.6. The molecule has 0 bridgehead atoms. The van der Waals surface area contributed by atoms with Crippen LogP contribution >= 0.6 is 7.82 Å². The molecule has 10 heteroatoms. The minimum absolute atomic E-state index is 0. The van der Waals surface area contributed by atoms with Gasteiger partial charge in [-0.2, -0.15) is 0 Å². The Balaban J connectivity index is -0.00000000800. The van der Waals surface area contributed by atoms with Crippen molar-refractivity contribution in [2.75, 3.05) is 0 Å². The van der Waals surface area contributed by atoms with E-state index in [1.807, 2.05) is 0 Å². The molecule has 3 N–H and O–H groups in total. The van der Waals surface area contributed by atoms with Gasteiger partial charge < -0.3 is 14.7 Å². The number of hydrogen-bond donors (Lipinski definition) is 3. The molecule has 0 atom stereocenters. The summed E-state index contributed by atoms with van der Waals surface area (Å²) in [5.41, 5.74) is 0. The first-order chi connectivity index (χ1) is 2.00. The minimum Gasteiger partial charge on any atom is 0.316 e. The molecule has 0 aliphatic rings. The molecule has 0 saturated carbocycles. The average Bonchev–Trinajstić information content (AvgIpc) is 0.722. The van der Waals surface area contributed by atoms with Crippen LogP contribution < -0.4 is 0 Å². The fraction of sp³-hybridized carbons (Fsp3) is 0. The second-order valence-electron chi connectivity index (χ2n) is 0.513. The Bertz CT molecular complexity index is 63.4. The molecule has 0 aromatic rings. The molecule has 0 aromatic carbocycles. The van der Waals surface area contributed by atoms with E-state index in [-0.39, 0.29) is 130 Å². The SMILES string of the molecule is O=P(O)(O)O.[CaH2].[MgH2].[MgH2].[MgH2].[MgH2]. The molecule has 10 heavy (non-hydrogen) atoms. The van der Waals surface area contributed by atoms with E-state index in [9.17, 15) is 0 Å². The van der Waals surface area contributed by atoms with Crippen LogP contribution in [0.5, 0.6) is 0 Å². The van der Waals surface area contributed by atoms with E-state index in [2.05, 4.69) is 0 Å². The summed E-state index contributed by atoms with van der Waals surface area (Å²) in [4.78, 5) is 21.6. The first-order valence-corrected chi connectivity index (χ1v) is 2.35. The fourth-order valence-corrected chi connectivity index (χ4v) is 0. The Morgan fingerprint density at radius 3 is 0.800 bits per heavy atom. The summed E-state index contributed by atoms with van der Waals surface area (Å²) >= 11 is 0. The van der Waals surface area contributed by atoms with Crippen molar-refractivity contribution in [2.24, 2.45) is 0 Å². The predicted molar refractivity (Wildman–Crippen MR) is 57.0 cm³/mol. The van der Waals surface area contributed by atoms with Gasteiger partial charge in [-0.3, -0.25) is 0 Å². The van der Waals surface area contributed by atoms with E-state index in [0.717, 1.165) is 0 Å². The quantitative estimate of drug-likeness (QED) is 0.294. The van der Waals surface area contributed by atoms with Crippen molar-refractivity contribution in [1.82, 2.24) is 0 Å². The third-order valence-corrected chi connectivity index (χ3v) is 0. The summed E-state index contributed by atoms with van der Waals surface area (Å²) in [6, 6.07) is 0. The molecule has 0 amide bonds. The summed E-state index contributed by atoms with van der Waals surface area (Å²) in [6.45, 7) is 0. The molecule has 0 unspecified atom stereocenters. The van der Waals surface area contributed by atoms with Gasteiger partial charge in [0.05, 0.1) is 0 Å². The summed E-state index contributed by atoms with van der Waals surface area (Å²) < 4.78 is 8.88. The molecule has 0 saturated heterocycles. The van der Waals surface area contributed by atoms with E-state index in [1.54, 1.807) is 0 Å². The third-order valence-electron chi connectivity index (χ3n) is 0. The van der Waals surface area contributed by atoms with E-state index in [1.165, 1.54) is 0 Å². The predicted octanol–water partition coefficient (Wildman–Crippen LogP) is -5.51. The maximum atomic E-state index is 8.88. The zero-order valence-corrected chi connectivity index (χ0v) is 3.09. The molecule has 0 aliphatic carbocycles. The largest absolute Gasteiger partial charge is 0.316 e. The normalized spacial score (nSPS) is 5.90. The van der Waals surface area contributed by atoms with Gasteiger partial charge in [0.15, 0.2) is 0 Å². The molecule has 0 fully saturated rings. The molecular formula is H13CaMg4O4P. The monoisotopic (exact) mass is 244 g/mol. The van der Waals surface area contributed by atoms with Crippen LogP contribution in [0.4, 0.5) is 0 Å². The van der Waals surface area contributed by atoms with Crippen molar-refractivity contribution in [3.05, 3.63) is 0 Å². The molecule has 0 spiro atoms. The molecule has 0 aliphatic heterocycles. The van der Waals surface area contributed by atoms with Gasteiger partial charge in [0.1, 0.15) is 0 Å². The summed E-state index contributed by atoms with van der Waals surface area (Å²) in [5.74, 6) is 0. The van der Waals surface area contributed by atoms with Gasteiger partial charge in [0, 0.05) is 0 Å². The Hall–Kier alpha value is 4.43. The Kier molecular flexibility index (Phi) is 69.9. The van der Waals surface area contributed by atoms with Crippen molar-refractivity contribution < 1.29 is 19.2 Å². The van der Waals surface area contributed by atoms with Crippen LogP contribution in [0.3, 0.4) is 0 Å². The van der Waals surface area contributed by atoms with Crippen molar-refractivity contribution >= 4 is 138 Å². The summed E-state index contributed by atoms with van der Waals surface area (Å²) in [5, 5.41) is 0. The number of phosphoric acid groups is 1. The molecule has 0 radical (unpaired) electrons. The van der Waals surface area contributed by atoms with Crippen LogP contribution in [0.15, 0.2) is 0 Å². The number of hydrogen-bond acceptors (Lipinski definition) is 1. The molecule has 52 valence electrons. The van der Waals surface area contributed by atoms with Gasteiger partial charge in [0.2, 0.25) is 0 Å². The zero-order valence-electron chi connectivity index (χ0n) is 2.20. The van der Waals surface area contributed by atoms with Crippen LogP contribution in [0, 0.1) is 0 Å². The van der Waals surface area contributed by atoms with E-state index in [4.69, 9.17) is 19.2 Å². The maximum absolute atomic E-state index is 8.88. The van der Waals surface area contributed by atoms with E-state index < -0.39 is 7.82 Å². The molecule has 0 heterocycles. The minimum atomic E-state index is -4.64. The van der Waals surface area contributed by atoms with Gasteiger partial charge in [-0.15, -0.1) is 0 Å². The second kappa shape index (κ2) is 19.1. The average molecular weight is 245 g/mol. The molecule has 0 rings (SSSR count). The maximum Gasteiger partial charge on any atom is 0.316 e. The standard InChI is InChI=1S/Ca.4Mg.H3O4P.10H/c;;;;;1-5(2,3)4;;;;;;;;;;/h;;;;;(H3,1,2,3,4);;;;;;;;;;. The molecule has 0 aromatic heterocycles. The topological polar surface area (TPSA) is 77.8 Å². The number of rotatable bonds is 0. The van der Waals surface area contributed by atoms with Crippen LogP contribution in [0.1, 0.15) is 0 Å². The molecular weight excluding hydrogens is 232 g/mol. The van der Waals surface area contributed by atoms with Crippen molar-refractivity contribution in [3.8, 4) is 0 Å². The van der Waals surface area contributed by atoms with Gasteiger partial charge in [-0.05, 0) is 0 Å². The van der Waals surface area contributed by atoms with Gasteiger partial charge in [-0.25, -0.2) is 4.57 Å². The van der Waals surface area contributed by atoms with Gasteiger partial charge >= 0.3 is 138 Å². The van der Waals surface area contributed by atoms with Gasteiger partial charge in [0.25, 0.3) is 0 Å². The van der Waals surface area contributed by atoms with Crippen LogP contribution in [0.25, 0.3) is 0 Å². The third kappa shape index (κ3) is 82.7. The van der Waals surface area contributed by atoms with Crippen LogP contribution in [0.2, 0.25) is 0 Å². The second-order valence-corrected chi connectivity index (χ2v) is 1.54. The van der Waals surface area contributed by atoms with Crippen molar-refractivity contribution in [3.63, 3.8) is 0 Å². The smallest absolute Gasteiger partial charge is 0.316 e. The van der Waals surface area contributed by atoms with Crippen LogP contribution in [-0.2, 0) is 4.57 Å². The van der Waals surface area contributed by atoms with E-state index >= 15 is 0 Å². The first-order valence-electron chi connectivity index (χ1n) is 0.783. The van der Waals surface area contributed by atoms with E-state index in [0.29, 0.717) is 0 Å². The Labute approximate surface area is 154 Å². The molecule has 4 nitrogen and oxygen atoms in total. The zero-order chi connectivity index (χ0) is 4.50. The summed E-state index contributed by atoms with van der Waals surface area (Å²) in [6.07, 6.45) is 0. The van der Waals surface area contributed by atoms with Gasteiger partial charge in [-0.1, -0.05) is 0 Å². The van der Waals surface area contributed by atoms with Crippen molar-refractivity contribution in [2.45, 2.75) is 0 Å². The van der Waals surface area contributed by atoms with Crippen LogP contribution in [-0.4, -0.2) is 145 Å². The summed E-state index contributed by atoms with van der Waals surface area (Å²) in [7, 11) is -4.64. The van der Waals surface area contributed by atoms with Crippen molar-refractivity contribution in [1.29, 1.82) is 0 Å². The Morgan fingerprint density at radius 2 is 0.800 bits per heavy atom. The fourth-order valence-electron chi connectivity index (χ4n) is 0. The Morgan fingerprint density at radius 1 is 0.800 bits per heavy atom.